The van der Waals surface area contributed by atoms with Gasteiger partial charge in [0.05, 0.1) is 24.6 Å². The number of carboxylic acids is 1. The second-order valence-electron chi connectivity index (χ2n) is 3.97. The van der Waals surface area contributed by atoms with E-state index in [-0.39, 0.29) is 0 Å². The molecule has 1 aromatic heterocycles. The number of nitrogens with zero attached hydrogens (tertiary/aromatic N) is 1. The number of hydrogen-bond acceptors (Lipinski definition) is 5. The Morgan fingerprint density at radius 3 is 2.60 bits per heavy atom. The maximum absolute atomic E-state index is 11.6. The standard InChI is InChI=1S/C12H17N3O5/c1-3-20-9-5-4-8(6-13-9)14-12(19)15-10(7(2)16)11(17)18/h4-7,10,16H,3H2,1-2H3,(H,17,18)(H2,14,15,19). The third-order valence-electron chi connectivity index (χ3n) is 2.32. The zero-order chi connectivity index (χ0) is 15.1. The number of aromatic nitrogens is 1. The number of carbonyl (C=O) groups excluding carboxylic acids is 1. The van der Waals surface area contributed by atoms with E-state index in [0.29, 0.717) is 18.2 Å². The zero-order valence-corrected chi connectivity index (χ0v) is 11.2. The maximum Gasteiger partial charge on any atom is 0.328 e. The lowest BCUT2D eigenvalue weighted by Gasteiger charge is -2.17. The number of aliphatic hydroxyl groups excluding tert-OH is 1. The second kappa shape index (κ2) is 7.29. The molecular weight excluding hydrogens is 266 g/mol. The third-order valence-corrected chi connectivity index (χ3v) is 2.32. The highest BCUT2D eigenvalue weighted by molar-refractivity contribution is 5.92. The molecule has 1 aromatic rings. The molecule has 0 radical (unpaired) electrons. The summed E-state index contributed by atoms with van der Waals surface area (Å²) in [7, 11) is 0. The van der Waals surface area contributed by atoms with Crippen molar-refractivity contribution < 1.29 is 24.5 Å². The minimum Gasteiger partial charge on any atom is -0.480 e. The molecule has 0 aliphatic rings. The topological polar surface area (TPSA) is 121 Å². The van der Waals surface area contributed by atoms with E-state index in [2.05, 4.69) is 15.6 Å². The van der Waals surface area contributed by atoms with Crippen molar-refractivity contribution in [1.82, 2.24) is 10.3 Å². The first kappa shape index (κ1) is 15.7. The van der Waals surface area contributed by atoms with Crippen LogP contribution in [0.1, 0.15) is 13.8 Å². The summed E-state index contributed by atoms with van der Waals surface area (Å²) < 4.78 is 5.14. The lowest BCUT2D eigenvalue weighted by Crippen LogP contribution is -2.49. The molecule has 1 heterocycles. The van der Waals surface area contributed by atoms with Gasteiger partial charge in [-0.15, -0.1) is 0 Å². The number of anilines is 1. The molecule has 0 aliphatic carbocycles. The van der Waals surface area contributed by atoms with Gasteiger partial charge in [-0.05, 0) is 19.9 Å². The predicted octanol–water partition coefficient (Wildman–Crippen LogP) is 0.436. The van der Waals surface area contributed by atoms with Crippen LogP contribution in [0.5, 0.6) is 5.88 Å². The van der Waals surface area contributed by atoms with E-state index in [1.54, 1.807) is 12.1 Å². The summed E-state index contributed by atoms with van der Waals surface area (Å²) in [6, 6.07) is 1.01. The lowest BCUT2D eigenvalue weighted by atomic mass is 10.2. The van der Waals surface area contributed by atoms with Gasteiger partial charge in [0.2, 0.25) is 5.88 Å². The predicted molar refractivity (Wildman–Crippen MR) is 70.7 cm³/mol. The van der Waals surface area contributed by atoms with E-state index >= 15 is 0 Å². The molecule has 0 saturated carbocycles. The summed E-state index contributed by atoms with van der Waals surface area (Å²) in [4.78, 5) is 26.3. The molecule has 20 heavy (non-hydrogen) atoms. The number of urea groups is 1. The van der Waals surface area contributed by atoms with E-state index in [4.69, 9.17) is 9.84 Å². The van der Waals surface area contributed by atoms with Gasteiger partial charge in [0.25, 0.3) is 0 Å². The number of nitrogens with one attached hydrogen (secondary N) is 2. The van der Waals surface area contributed by atoms with Crippen LogP contribution in [0, 0.1) is 0 Å². The van der Waals surface area contributed by atoms with Crippen LogP contribution >= 0.6 is 0 Å². The fraction of sp³-hybridized carbons (Fsp3) is 0.417. The number of carboxylic acid groups (broad SMARTS) is 1. The first-order valence-corrected chi connectivity index (χ1v) is 6.01. The highest BCUT2D eigenvalue weighted by Crippen LogP contribution is 2.11. The number of rotatable bonds is 6. The molecule has 110 valence electrons. The minimum atomic E-state index is -1.38. The number of pyridine rings is 1. The van der Waals surface area contributed by atoms with Crippen molar-refractivity contribution in [3.8, 4) is 5.88 Å². The van der Waals surface area contributed by atoms with Crippen molar-refractivity contribution in [2.75, 3.05) is 11.9 Å². The highest BCUT2D eigenvalue weighted by atomic mass is 16.5. The van der Waals surface area contributed by atoms with Crippen LogP contribution in [-0.4, -0.2) is 46.0 Å². The van der Waals surface area contributed by atoms with E-state index in [0.717, 1.165) is 0 Å². The monoisotopic (exact) mass is 283 g/mol. The Labute approximate surface area is 115 Å². The van der Waals surface area contributed by atoms with Gasteiger partial charge in [-0.1, -0.05) is 0 Å². The van der Waals surface area contributed by atoms with Crippen molar-refractivity contribution in [1.29, 1.82) is 0 Å². The first-order valence-electron chi connectivity index (χ1n) is 6.01. The van der Waals surface area contributed by atoms with Crippen LogP contribution in [-0.2, 0) is 4.79 Å². The summed E-state index contributed by atoms with van der Waals surface area (Å²) in [6.45, 7) is 3.58. The number of hydrogen-bond donors (Lipinski definition) is 4. The molecule has 8 nitrogen and oxygen atoms in total. The second-order valence-corrected chi connectivity index (χ2v) is 3.97. The molecule has 0 aromatic carbocycles. The third kappa shape index (κ3) is 4.73. The zero-order valence-electron chi connectivity index (χ0n) is 11.2. The fourth-order valence-electron chi connectivity index (χ4n) is 1.38. The molecule has 4 N–H and O–H groups in total. The summed E-state index contributed by atoms with van der Waals surface area (Å²) >= 11 is 0. The summed E-state index contributed by atoms with van der Waals surface area (Å²) in [5.41, 5.74) is 0.376. The van der Waals surface area contributed by atoms with E-state index < -0.39 is 24.1 Å². The Kier molecular flexibility index (Phi) is 5.73. The van der Waals surface area contributed by atoms with Gasteiger partial charge in [-0.2, -0.15) is 0 Å². The van der Waals surface area contributed by atoms with Crippen LogP contribution in [0.3, 0.4) is 0 Å². The first-order chi connectivity index (χ1) is 9.43. The minimum absolute atomic E-state index is 0.376. The molecule has 0 fully saturated rings. The van der Waals surface area contributed by atoms with Crippen LogP contribution in [0.2, 0.25) is 0 Å². The molecule has 2 amide bonds. The van der Waals surface area contributed by atoms with E-state index in [9.17, 15) is 14.7 Å². The smallest absolute Gasteiger partial charge is 0.328 e. The van der Waals surface area contributed by atoms with Gasteiger partial charge < -0.3 is 25.6 Å². The van der Waals surface area contributed by atoms with Crippen LogP contribution < -0.4 is 15.4 Å². The van der Waals surface area contributed by atoms with E-state index in [1.165, 1.54) is 13.1 Å². The molecule has 1 rings (SSSR count). The summed E-state index contributed by atoms with van der Waals surface area (Å²) in [5.74, 6) is -0.897. The van der Waals surface area contributed by atoms with Crippen molar-refractivity contribution in [3.63, 3.8) is 0 Å². The number of carbonyl (C=O) groups is 2. The van der Waals surface area contributed by atoms with E-state index in [1.807, 2.05) is 6.92 Å². The van der Waals surface area contributed by atoms with Crippen LogP contribution in [0.15, 0.2) is 18.3 Å². The molecular formula is C12H17N3O5. The van der Waals surface area contributed by atoms with Crippen molar-refractivity contribution in [2.24, 2.45) is 0 Å². The number of aliphatic carboxylic acids is 1. The van der Waals surface area contributed by atoms with Gasteiger partial charge in [0, 0.05) is 6.07 Å². The molecule has 8 heteroatoms. The van der Waals surface area contributed by atoms with Crippen LogP contribution in [0.25, 0.3) is 0 Å². The Bertz CT molecular complexity index is 461. The van der Waals surface area contributed by atoms with Crippen LogP contribution in [0.4, 0.5) is 10.5 Å². The average molecular weight is 283 g/mol. The number of aliphatic hydroxyl groups is 1. The molecule has 0 saturated heterocycles. The lowest BCUT2D eigenvalue weighted by molar-refractivity contribution is -0.141. The van der Waals surface area contributed by atoms with Crippen molar-refractivity contribution in [3.05, 3.63) is 18.3 Å². The van der Waals surface area contributed by atoms with Gasteiger partial charge in [-0.25, -0.2) is 14.6 Å². The normalized spacial score (nSPS) is 13.2. The highest BCUT2D eigenvalue weighted by Gasteiger charge is 2.24. The quantitative estimate of drug-likeness (QED) is 0.601. The maximum atomic E-state index is 11.6. The Balaban J connectivity index is 2.59. The number of ether oxygens (including phenoxy) is 1. The van der Waals surface area contributed by atoms with Crippen molar-refractivity contribution in [2.45, 2.75) is 26.0 Å². The van der Waals surface area contributed by atoms with Crippen molar-refractivity contribution >= 4 is 17.7 Å². The Hall–Kier alpha value is -2.35. The van der Waals surface area contributed by atoms with Gasteiger partial charge >= 0.3 is 12.0 Å². The molecule has 0 spiro atoms. The Morgan fingerprint density at radius 1 is 1.45 bits per heavy atom. The average Bonchev–Trinajstić information content (AvgIpc) is 2.38. The largest absolute Gasteiger partial charge is 0.480 e. The Morgan fingerprint density at radius 2 is 2.15 bits per heavy atom. The fourth-order valence-corrected chi connectivity index (χ4v) is 1.38. The number of amides is 2. The van der Waals surface area contributed by atoms with Gasteiger partial charge in [0.15, 0.2) is 6.04 Å². The van der Waals surface area contributed by atoms with Gasteiger partial charge in [-0.3, -0.25) is 0 Å². The molecule has 2 unspecified atom stereocenters. The molecule has 0 aliphatic heterocycles. The van der Waals surface area contributed by atoms with Gasteiger partial charge in [0.1, 0.15) is 0 Å². The molecule has 2 atom stereocenters. The molecule has 0 bridgehead atoms. The SMILES string of the molecule is CCOc1ccc(NC(=O)NC(C(=O)O)C(C)O)cn1. The summed E-state index contributed by atoms with van der Waals surface area (Å²) in [6.07, 6.45) is 0.166. The summed E-state index contributed by atoms with van der Waals surface area (Å²) in [5, 5.41) is 22.6.